The van der Waals surface area contributed by atoms with E-state index in [0.29, 0.717) is 6.04 Å². The average Bonchev–Trinajstić information content (AvgIpc) is 2.50. The first-order valence-electron chi connectivity index (χ1n) is 7.49. The highest BCUT2D eigenvalue weighted by molar-refractivity contribution is 14.1. The van der Waals surface area contributed by atoms with E-state index in [0.717, 1.165) is 44.2 Å². The number of nitrogens with zero attached hydrogens (tertiary/aromatic N) is 4. The fraction of sp³-hybridized carbons (Fsp3) is 0.714. The Labute approximate surface area is 134 Å². The molecule has 1 aromatic heterocycles. The third kappa shape index (κ3) is 2.65. The Morgan fingerprint density at radius 1 is 1.20 bits per heavy atom. The molecule has 2 bridgehead atoms. The van der Waals surface area contributed by atoms with Gasteiger partial charge in [-0.25, -0.2) is 9.97 Å². The van der Waals surface area contributed by atoms with E-state index in [1.165, 1.54) is 22.4 Å². The largest absolute Gasteiger partial charge is 0.369 e. The standard InChI is InChI=1S/C14H22IN5/c1-3-10-12(15)14(16-4-2)18-13(17-10)11-9-19-5-7-20(11)8-6-19/h11H,3-9H2,1-2H3,(H,16,17,18). The van der Waals surface area contributed by atoms with Gasteiger partial charge in [0.1, 0.15) is 11.6 Å². The van der Waals surface area contributed by atoms with Gasteiger partial charge in [-0.2, -0.15) is 0 Å². The minimum Gasteiger partial charge on any atom is -0.369 e. The highest BCUT2D eigenvalue weighted by Crippen LogP contribution is 2.29. The molecule has 0 saturated carbocycles. The molecule has 5 nitrogen and oxygen atoms in total. The molecule has 4 rings (SSSR count). The minimum atomic E-state index is 0.372. The summed E-state index contributed by atoms with van der Waals surface area (Å²) in [7, 11) is 0. The van der Waals surface area contributed by atoms with E-state index in [4.69, 9.17) is 9.97 Å². The van der Waals surface area contributed by atoms with Crippen molar-refractivity contribution in [2.45, 2.75) is 26.3 Å². The number of halogens is 1. The van der Waals surface area contributed by atoms with Gasteiger partial charge in [0, 0.05) is 39.3 Å². The van der Waals surface area contributed by atoms with E-state index < -0.39 is 0 Å². The maximum Gasteiger partial charge on any atom is 0.149 e. The number of hydrogen-bond donors (Lipinski definition) is 1. The molecule has 3 aliphatic heterocycles. The fourth-order valence-corrected chi connectivity index (χ4v) is 3.86. The lowest BCUT2D eigenvalue weighted by Gasteiger charge is -2.46. The minimum absolute atomic E-state index is 0.372. The van der Waals surface area contributed by atoms with E-state index in [-0.39, 0.29) is 0 Å². The molecule has 1 aromatic rings. The van der Waals surface area contributed by atoms with Crippen molar-refractivity contribution < 1.29 is 0 Å². The molecule has 110 valence electrons. The zero-order chi connectivity index (χ0) is 14.1. The molecular weight excluding hydrogens is 365 g/mol. The molecule has 1 N–H and O–H groups in total. The van der Waals surface area contributed by atoms with Gasteiger partial charge in [-0.05, 0) is 35.9 Å². The number of aromatic nitrogens is 2. The van der Waals surface area contributed by atoms with Crippen LogP contribution < -0.4 is 5.32 Å². The lowest BCUT2D eigenvalue weighted by Crippen LogP contribution is -2.57. The Morgan fingerprint density at radius 2 is 1.95 bits per heavy atom. The number of nitrogens with one attached hydrogen (secondary N) is 1. The van der Waals surface area contributed by atoms with E-state index in [2.05, 4.69) is 51.6 Å². The van der Waals surface area contributed by atoms with Crippen LogP contribution in [0.1, 0.15) is 31.4 Å². The zero-order valence-corrected chi connectivity index (χ0v) is 14.4. The molecule has 0 aliphatic carbocycles. The van der Waals surface area contributed by atoms with Crippen LogP contribution in [0.4, 0.5) is 5.82 Å². The smallest absolute Gasteiger partial charge is 0.149 e. The summed E-state index contributed by atoms with van der Waals surface area (Å²) in [5, 5.41) is 3.38. The predicted molar refractivity (Wildman–Crippen MR) is 89.0 cm³/mol. The van der Waals surface area contributed by atoms with Gasteiger partial charge in [0.2, 0.25) is 0 Å². The van der Waals surface area contributed by atoms with Crippen LogP contribution in [0.5, 0.6) is 0 Å². The average molecular weight is 387 g/mol. The molecule has 0 spiro atoms. The topological polar surface area (TPSA) is 44.3 Å². The molecule has 0 amide bonds. The number of rotatable bonds is 4. The number of hydrogen-bond acceptors (Lipinski definition) is 5. The molecule has 1 atom stereocenters. The highest BCUT2D eigenvalue weighted by atomic mass is 127. The van der Waals surface area contributed by atoms with Crippen molar-refractivity contribution in [3.63, 3.8) is 0 Å². The maximum absolute atomic E-state index is 4.85. The van der Waals surface area contributed by atoms with E-state index in [9.17, 15) is 0 Å². The second-order valence-corrected chi connectivity index (χ2v) is 6.51. The normalized spacial score (nSPS) is 28.6. The Hall–Kier alpha value is -0.470. The number of fused-ring (bicyclic) bond motifs is 3. The van der Waals surface area contributed by atoms with Crippen LogP contribution in [0.15, 0.2) is 0 Å². The van der Waals surface area contributed by atoms with Gasteiger partial charge in [-0.3, -0.25) is 9.80 Å². The Kier molecular flexibility index (Phi) is 4.42. The molecule has 0 aromatic carbocycles. The van der Waals surface area contributed by atoms with Crippen molar-refractivity contribution in [3.8, 4) is 0 Å². The third-order valence-corrected chi connectivity index (χ3v) is 5.33. The lowest BCUT2D eigenvalue weighted by molar-refractivity contribution is 0.00861. The first-order chi connectivity index (χ1) is 9.72. The lowest BCUT2D eigenvalue weighted by atomic mass is 10.1. The van der Waals surface area contributed by atoms with Crippen LogP contribution in [0.3, 0.4) is 0 Å². The Bertz CT molecular complexity index is 485. The van der Waals surface area contributed by atoms with Crippen molar-refractivity contribution in [2.75, 3.05) is 44.6 Å². The molecule has 0 radical (unpaired) electrons. The summed E-state index contributed by atoms with van der Waals surface area (Å²) in [6, 6.07) is 0.372. The van der Waals surface area contributed by atoms with E-state index in [1.807, 2.05) is 0 Å². The second kappa shape index (κ2) is 6.11. The van der Waals surface area contributed by atoms with Crippen LogP contribution >= 0.6 is 22.6 Å². The van der Waals surface area contributed by atoms with Crippen molar-refractivity contribution in [3.05, 3.63) is 15.1 Å². The molecule has 20 heavy (non-hydrogen) atoms. The van der Waals surface area contributed by atoms with Gasteiger partial charge in [0.25, 0.3) is 0 Å². The first kappa shape index (κ1) is 14.5. The molecule has 1 unspecified atom stereocenters. The van der Waals surface area contributed by atoms with Crippen LogP contribution in [-0.2, 0) is 6.42 Å². The van der Waals surface area contributed by atoms with Gasteiger partial charge < -0.3 is 5.32 Å². The summed E-state index contributed by atoms with van der Waals surface area (Å²) < 4.78 is 1.17. The summed E-state index contributed by atoms with van der Waals surface area (Å²) >= 11 is 2.36. The van der Waals surface area contributed by atoms with Gasteiger partial charge >= 0.3 is 0 Å². The van der Waals surface area contributed by atoms with Gasteiger partial charge in [0.05, 0.1) is 15.3 Å². The van der Waals surface area contributed by atoms with Gasteiger partial charge in [-0.1, -0.05) is 6.92 Å². The maximum atomic E-state index is 4.85. The fourth-order valence-electron chi connectivity index (χ4n) is 3.04. The van der Waals surface area contributed by atoms with Crippen LogP contribution in [0.2, 0.25) is 0 Å². The van der Waals surface area contributed by atoms with E-state index >= 15 is 0 Å². The summed E-state index contributed by atoms with van der Waals surface area (Å²) in [5.74, 6) is 2.01. The first-order valence-corrected chi connectivity index (χ1v) is 8.57. The van der Waals surface area contributed by atoms with Crippen LogP contribution in [-0.4, -0.2) is 59.0 Å². The van der Waals surface area contributed by atoms with Crippen molar-refractivity contribution in [1.82, 2.24) is 19.8 Å². The number of anilines is 1. The summed E-state index contributed by atoms with van der Waals surface area (Å²) in [6.45, 7) is 11.0. The van der Waals surface area contributed by atoms with Crippen molar-refractivity contribution in [2.24, 2.45) is 0 Å². The van der Waals surface area contributed by atoms with Crippen molar-refractivity contribution in [1.29, 1.82) is 0 Å². The molecule has 6 heteroatoms. The zero-order valence-electron chi connectivity index (χ0n) is 12.2. The van der Waals surface area contributed by atoms with Gasteiger partial charge in [-0.15, -0.1) is 0 Å². The summed E-state index contributed by atoms with van der Waals surface area (Å²) in [4.78, 5) is 14.7. The Morgan fingerprint density at radius 3 is 2.50 bits per heavy atom. The summed E-state index contributed by atoms with van der Waals surface area (Å²) in [6.07, 6.45) is 0.961. The molecule has 3 saturated heterocycles. The Balaban J connectivity index is 1.94. The molecular formula is C14H22IN5. The molecule has 3 fully saturated rings. The highest BCUT2D eigenvalue weighted by Gasteiger charge is 2.35. The van der Waals surface area contributed by atoms with Gasteiger partial charge in [0.15, 0.2) is 0 Å². The third-order valence-electron chi connectivity index (χ3n) is 4.19. The SMILES string of the molecule is CCNc1nc(C2CN3CCN2CC3)nc(CC)c1I. The summed E-state index contributed by atoms with van der Waals surface area (Å²) in [5.41, 5.74) is 1.17. The predicted octanol–water partition coefficient (Wildman–Crippen LogP) is 1.75. The number of piperazine rings is 3. The second-order valence-electron chi connectivity index (χ2n) is 5.43. The molecule has 4 heterocycles. The quantitative estimate of drug-likeness (QED) is 0.798. The van der Waals surface area contributed by atoms with Crippen LogP contribution in [0.25, 0.3) is 0 Å². The van der Waals surface area contributed by atoms with E-state index in [1.54, 1.807) is 0 Å². The molecule has 3 aliphatic rings. The number of aryl methyl sites for hydroxylation is 1. The monoisotopic (exact) mass is 387 g/mol. The van der Waals surface area contributed by atoms with Crippen LogP contribution in [0, 0.1) is 3.57 Å². The van der Waals surface area contributed by atoms with Crippen molar-refractivity contribution >= 4 is 28.4 Å².